The van der Waals surface area contributed by atoms with Crippen molar-refractivity contribution in [3.63, 3.8) is 0 Å². The van der Waals surface area contributed by atoms with Gasteiger partial charge in [0, 0.05) is 17.1 Å². The third-order valence-corrected chi connectivity index (χ3v) is 3.70. The van der Waals surface area contributed by atoms with Crippen molar-refractivity contribution in [2.45, 2.75) is 33.1 Å². The highest BCUT2D eigenvalue weighted by Crippen LogP contribution is 2.21. The minimum Gasteiger partial charge on any atom is -0.356 e. The average molecular weight is 309 g/mol. The molecule has 1 N–H and O–H groups in total. The summed E-state index contributed by atoms with van der Waals surface area (Å²) in [5, 5.41) is 4.74. The number of aromatic amines is 1. The number of fused-ring (bicyclic) bond motifs is 1. The molecule has 0 atom stereocenters. The van der Waals surface area contributed by atoms with E-state index in [1.807, 2.05) is 24.3 Å². The predicted molar refractivity (Wildman–Crippen MR) is 91.0 cm³/mol. The topological polar surface area (TPSA) is 71.8 Å². The summed E-state index contributed by atoms with van der Waals surface area (Å²) in [7, 11) is 0. The number of rotatable bonds is 5. The molecule has 0 radical (unpaired) electrons. The first kappa shape index (κ1) is 15.2. The van der Waals surface area contributed by atoms with Gasteiger partial charge in [-0.15, -0.1) is 0 Å². The molecule has 0 aliphatic carbocycles. The van der Waals surface area contributed by atoms with E-state index < -0.39 is 0 Å². The van der Waals surface area contributed by atoms with Crippen LogP contribution in [-0.2, 0) is 6.42 Å². The van der Waals surface area contributed by atoms with Gasteiger partial charge < -0.3 is 9.51 Å². The highest BCUT2D eigenvalue weighted by atomic mass is 16.5. The smallest absolute Gasteiger partial charge is 0.251 e. The van der Waals surface area contributed by atoms with E-state index in [2.05, 4.69) is 29.0 Å². The van der Waals surface area contributed by atoms with Crippen molar-refractivity contribution >= 4 is 22.6 Å². The normalized spacial score (nSPS) is 12.0. The molecule has 118 valence electrons. The molecule has 0 aliphatic rings. The molecular formula is C18H19N3O2. The molecule has 0 saturated heterocycles. The van der Waals surface area contributed by atoms with Gasteiger partial charge in [0.15, 0.2) is 5.58 Å². The summed E-state index contributed by atoms with van der Waals surface area (Å²) in [5.74, 6) is 0.647. The number of aromatic nitrogens is 3. The second kappa shape index (κ2) is 6.60. The minimum absolute atomic E-state index is 0.104. The van der Waals surface area contributed by atoms with Crippen molar-refractivity contribution in [2.24, 2.45) is 0 Å². The van der Waals surface area contributed by atoms with Crippen LogP contribution in [0.15, 0.2) is 39.8 Å². The Balaban J connectivity index is 2.02. The fourth-order valence-corrected chi connectivity index (χ4v) is 2.56. The second-order valence-corrected chi connectivity index (χ2v) is 5.48. The van der Waals surface area contributed by atoms with Crippen LogP contribution in [0.2, 0.25) is 0 Å². The summed E-state index contributed by atoms with van der Waals surface area (Å²) < 4.78 is 5.12. The monoisotopic (exact) mass is 309 g/mol. The van der Waals surface area contributed by atoms with Gasteiger partial charge in [-0.1, -0.05) is 31.5 Å². The Labute approximate surface area is 134 Å². The lowest BCUT2D eigenvalue weighted by Gasteiger charge is -2.07. The zero-order valence-electron chi connectivity index (χ0n) is 13.3. The van der Waals surface area contributed by atoms with Crippen LogP contribution in [0.1, 0.15) is 43.8 Å². The molecule has 0 spiro atoms. The van der Waals surface area contributed by atoms with Gasteiger partial charge in [0.1, 0.15) is 5.82 Å². The SMILES string of the molecule is CCCc1cc(=O)[nH]c(/C(=C\c2ccc3oncc3c2)CC)n1. The van der Waals surface area contributed by atoms with Gasteiger partial charge in [-0.25, -0.2) is 4.98 Å². The molecule has 2 heterocycles. The van der Waals surface area contributed by atoms with Gasteiger partial charge in [-0.3, -0.25) is 4.79 Å². The highest BCUT2D eigenvalue weighted by Gasteiger charge is 2.07. The standard InChI is InChI=1S/C18H19N3O2/c1-3-5-15-10-17(22)21-18(20-15)13(4-2)8-12-6-7-16-14(9-12)11-19-23-16/h6-11H,3-5H2,1-2H3,(H,20,21,22)/b13-8-. The van der Waals surface area contributed by atoms with Crippen LogP contribution >= 0.6 is 0 Å². The van der Waals surface area contributed by atoms with Crippen LogP contribution in [0.4, 0.5) is 0 Å². The number of aryl methyl sites for hydroxylation is 1. The van der Waals surface area contributed by atoms with Crippen LogP contribution in [-0.4, -0.2) is 15.1 Å². The molecule has 0 bridgehead atoms. The molecular weight excluding hydrogens is 290 g/mol. The van der Waals surface area contributed by atoms with E-state index in [0.29, 0.717) is 5.82 Å². The summed E-state index contributed by atoms with van der Waals surface area (Å²) in [6.45, 7) is 4.13. The Hall–Kier alpha value is -2.69. The molecule has 0 saturated carbocycles. The molecule has 3 aromatic rings. The van der Waals surface area contributed by atoms with E-state index in [4.69, 9.17) is 4.52 Å². The maximum absolute atomic E-state index is 11.9. The predicted octanol–water partition coefficient (Wildman–Crippen LogP) is 3.81. The van der Waals surface area contributed by atoms with Crippen molar-refractivity contribution in [2.75, 3.05) is 0 Å². The highest BCUT2D eigenvalue weighted by molar-refractivity contribution is 5.84. The Morgan fingerprint density at radius 3 is 2.96 bits per heavy atom. The third-order valence-electron chi connectivity index (χ3n) is 3.70. The summed E-state index contributed by atoms with van der Waals surface area (Å²) in [5.41, 5.74) is 3.51. The summed E-state index contributed by atoms with van der Waals surface area (Å²) in [6.07, 6.45) is 6.28. The molecule has 0 amide bonds. The molecule has 0 fully saturated rings. The molecule has 23 heavy (non-hydrogen) atoms. The Morgan fingerprint density at radius 1 is 1.30 bits per heavy atom. The van der Waals surface area contributed by atoms with Gasteiger partial charge in [0.05, 0.1) is 6.20 Å². The zero-order valence-corrected chi connectivity index (χ0v) is 13.3. The Bertz CT molecular complexity index is 906. The molecule has 2 aromatic heterocycles. The van der Waals surface area contributed by atoms with Crippen molar-refractivity contribution in [1.82, 2.24) is 15.1 Å². The van der Waals surface area contributed by atoms with E-state index >= 15 is 0 Å². The summed E-state index contributed by atoms with van der Waals surface area (Å²) in [4.78, 5) is 19.3. The van der Waals surface area contributed by atoms with Crippen LogP contribution in [0, 0.1) is 0 Å². The fourth-order valence-electron chi connectivity index (χ4n) is 2.56. The third kappa shape index (κ3) is 3.39. The Morgan fingerprint density at radius 2 is 2.17 bits per heavy atom. The molecule has 5 nitrogen and oxygen atoms in total. The van der Waals surface area contributed by atoms with Gasteiger partial charge >= 0.3 is 0 Å². The average Bonchev–Trinajstić information content (AvgIpc) is 3.00. The number of nitrogens with zero attached hydrogens (tertiary/aromatic N) is 2. The largest absolute Gasteiger partial charge is 0.356 e. The maximum Gasteiger partial charge on any atom is 0.251 e. The van der Waals surface area contributed by atoms with Crippen molar-refractivity contribution < 1.29 is 4.52 Å². The number of H-pyrrole nitrogens is 1. The van der Waals surface area contributed by atoms with E-state index in [-0.39, 0.29) is 5.56 Å². The van der Waals surface area contributed by atoms with Crippen molar-refractivity contribution in [3.8, 4) is 0 Å². The number of hydrogen-bond donors (Lipinski definition) is 1. The lowest BCUT2D eigenvalue weighted by Crippen LogP contribution is -2.12. The lowest BCUT2D eigenvalue weighted by atomic mass is 10.1. The number of nitrogens with one attached hydrogen (secondary N) is 1. The lowest BCUT2D eigenvalue weighted by molar-refractivity contribution is 0.456. The first-order chi connectivity index (χ1) is 11.2. The van der Waals surface area contributed by atoms with Crippen molar-refractivity contribution in [1.29, 1.82) is 0 Å². The van der Waals surface area contributed by atoms with Gasteiger partial charge in [0.25, 0.3) is 5.56 Å². The minimum atomic E-state index is -0.104. The van der Waals surface area contributed by atoms with E-state index in [1.54, 1.807) is 12.3 Å². The summed E-state index contributed by atoms with van der Waals surface area (Å²) in [6, 6.07) is 7.45. The Kier molecular flexibility index (Phi) is 4.37. The fraction of sp³-hybridized carbons (Fsp3) is 0.278. The maximum atomic E-state index is 11.9. The molecule has 0 unspecified atom stereocenters. The molecule has 3 rings (SSSR count). The first-order valence-electron chi connectivity index (χ1n) is 7.85. The van der Waals surface area contributed by atoms with E-state index in [0.717, 1.165) is 47.1 Å². The number of hydrogen-bond acceptors (Lipinski definition) is 4. The van der Waals surface area contributed by atoms with Crippen LogP contribution < -0.4 is 5.56 Å². The van der Waals surface area contributed by atoms with Crippen LogP contribution in [0.5, 0.6) is 0 Å². The zero-order chi connectivity index (χ0) is 16.2. The van der Waals surface area contributed by atoms with Gasteiger partial charge in [-0.2, -0.15) is 0 Å². The molecule has 1 aromatic carbocycles. The molecule has 5 heteroatoms. The van der Waals surface area contributed by atoms with Gasteiger partial charge in [-0.05, 0) is 42.2 Å². The summed E-state index contributed by atoms with van der Waals surface area (Å²) >= 11 is 0. The van der Waals surface area contributed by atoms with E-state index in [9.17, 15) is 4.79 Å². The quantitative estimate of drug-likeness (QED) is 0.778. The van der Waals surface area contributed by atoms with Crippen LogP contribution in [0.3, 0.4) is 0 Å². The van der Waals surface area contributed by atoms with Crippen molar-refractivity contribution in [3.05, 3.63) is 57.9 Å². The first-order valence-corrected chi connectivity index (χ1v) is 7.85. The molecule has 0 aliphatic heterocycles. The van der Waals surface area contributed by atoms with Gasteiger partial charge in [0.2, 0.25) is 0 Å². The second-order valence-electron chi connectivity index (χ2n) is 5.48. The van der Waals surface area contributed by atoms with Crippen LogP contribution in [0.25, 0.3) is 22.6 Å². The number of benzene rings is 1. The van der Waals surface area contributed by atoms with E-state index in [1.165, 1.54) is 0 Å². The number of allylic oxidation sites excluding steroid dienone is 1.